The number of amidine groups is 1. The summed E-state index contributed by atoms with van der Waals surface area (Å²) in [6, 6.07) is 1.94. The monoisotopic (exact) mass is 394 g/mol. The highest BCUT2D eigenvalue weighted by Crippen LogP contribution is 2.14. The molecule has 1 aliphatic carbocycles. The van der Waals surface area contributed by atoms with E-state index in [1.807, 2.05) is 19.2 Å². The Bertz CT molecular complexity index is 1060. The number of nitrogens with one attached hydrogen (secondary N) is 1. The summed E-state index contributed by atoms with van der Waals surface area (Å²) in [6.07, 6.45) is 15.3. The Kier molecular flexibility index (Phi) is 6.57. The van der Waals surface area contributed by atoms with Gasteiger partial charge >= 0.3 is 0 Å². The quantitative estimate of drug-likeness (QED) is 0.496. The Morgan fingerprint density at radius 2 is 2.21 bits per heavy atom. The van der Waals surface area contributed by atoms with Crippen LogP contribution in [-0.2, 0) is 4.74 Å². The van der Waals surface area contributed by atoms with Crippen LogP contribution in [-0.4, -0.2) is 22.9 Å². The van der Waals surface area contributed by atoms with Crippen molar-refractivity contribution in [2.75, 3.05) is 0 Å². The molecule has 0 bridgehead atoms. The average molecular weight is 394 g/mol. The Morgan fingerprint density at radius 3 is 3.03 bits per heavy atom. The second kappa shape index (κ2) is 9.50. The first-order valence-corrected chi connectivity index (χ1v) is 9.14. The summed E-state index contributed by atoms with van der Waals surface area (Å²) >= 11 is 0. The lowest BCUT2D eigenvalue weighted by atomic mass is 10.1. The van der Waals surface area contributed by atoms with Crippen molar-refractivity contribution in [3.05, 3.63) is 77.1 Å². The number of halogens is 1. The number of rotatable bonds is 6. The maximum atomic E-state index is 12.8. The maximum Gasteiger partial charge on any atom is 0.219 e. The number of aliphatic imine (C=N–C) groups is 2. The summed E-state index contributed by atoms with van der Waals surface area (Å²) in [5.74, 6) is 1.85. The zero-order valence-electron chi connectivity index (χ0n) is 16.0. The maximum absolute atomic E-state index is 12.8. The molecule has 0 amide bonds. The number of fused-ring (bicyclic) bond motifs is 1. The predicted octanol–water partition coefficient (Wildman–Crippen LogP) is 1.21. The van der Waals surface area contributed by atoms with E-state index >= 15 is 0 Å². The normalized spacial score (nSPS) is 19.8. The number of nitrogens with zero attached hydrogens (tertiary/aromatic N) is 3. The molecule has 5 N–H and O–H groups in total. The highest BCUT2D eigenvalue weighted by atomic mass is 19.1. The Morgan fingerprint density at radius 1 is 1.34 bits per heavy atom. The van der Waals surface area contributed by atoms with Gasteiger partial charge < -0.3 is 21.5 Å². The topological polar surface area (TPSA) is 111 Å². The van der Waals surface area contributed by atoms with Gasteiger partial charge in [-0.05, 0) is 55.0 Å². The van der Waals surface area contributed by atoms with Gasteiger partial charge in [0.25, 0.3) is 0 Å². The third kappa shape index (κ3) is 5.65. The molecule has 2 heterocycles. The molecule has 1 unspecified atom stereocenters. The first-order valence-electron chi connectivity index (χ1n) is 9.14. The van der Waals surface area contributed by atoms with Crippen LogP contribution in [0.25, 0.3) is 11.8 Å². The second-order valence-corrected chi connectivity index (χ2v) is 6.40. The zero-order valence-corrected chi connectivity index (χ0v) is 16.0. The van der Waals surface area contributed by atoms with Gasteiger partial charge in [-0.15, -0.1) is 0 Å². The van der Waals surface area contributed by atoms with E-state index in [1.165, 1.54) is 6.08 Å². The fraction of sp³-hybridized carbons (Fsp3) is 0.190. The summed E-state index contributed by atoms with van der Waals surface area (Å²) in [7, 11) is 0. The fourth-order valence-corrected chi connectivity index (χ4v) is 2.90. The van der Waals surface area contributed by atoms with Crippen LogP contribution >= 0.6 is 0 Å². The largest absolute Gasteiger partial charge is 0.466 e. The summed E-state index contributed by atoms with van der Waals surface area (Å²) in [4.78, 5) is 12.2. The van der Waals surface area contributed by atoms with E-state index in [-0.39, 0.29) is 11.8 Å². The van der Waals surface area contributed by atoms with Crippen molar-refractivity contribution in [3.63, 3.8) is 0 Å². The number of ether oxygens (including phenoxy) is 1. The lowest BCUT2D eigenvalue weighted by Crippen LogP contribution is -2.30. The van der Waals surface area contributed by atoms with Crippen molar-refractivity contribution in [2.45, 2.75) is 25.9 Å². The number of hydrogen-bond donors (Lipinski definition) is 3. The van der Waals surface area contributed by atoms with Crippen molar-refractivity contribution in [1.29, 1.82) is 0 Å². The number of nitrogens with two attached hydrogens (primary N) is 2. The second-order valence-electron chi connectivity index (χ2n) is 6.40. The smallest absolute Gasteiger partial charge is 0.219 e. The molecule has 7 nitrogen and oxygen atoms in total. The number of aromatic nitrogens is 1. The first kappa shape index (κ1) is 20.1. The summed E-state index contributed by atoms with van der Waals surface area (Å²) in [5, 5.41) is 5.16. The molecular formula is C21H23FN6O. The van der Waals surface area contributed by atoms with E-state index in [1.54, 1.807) is 30.5 Å². The van der Waals surface area contributed by atoms with Gasteiger partial charge in [0.1, 0.15) is 23.5 Å². The molecule has 1 aromatic heterocycles. The molecule has 3 rings (SSSR count). The molecule has 0 aromatic carbocycles. The molecule has 150 valence electrons. The Hall–Kier alpha value is -3.68. The Labute approximate surface area is 168 Å². The van der Waals surface area contributed by atoms with Crippen LogP contribution in [0.1, 0.15) is 19.8 Å². The molecule has 0 saturated carbocycles. The Balaban J connectivity index is 1.78. The van der Waals surface area contributed by atoms with Gasteiger partial charge in [-0.2, -0.15) is 4.99 Å². The van der Waals surface area contributed by atoms with E-state index < -0.39 is 6.17 Å². The molecule has 0 fully saturated rings. The molecule has 2 aliphatic rings. The van der Waals surface area contributed by atoms with Crippen LogP contribution in [0, 0.1) is 0 Å². The number of hydrogen-bond acceptors (Lipinski definition) is 7. The number of allylic oxidation sites excluding steroid dienone is 4. The third-order valence-corrected chi connectivity index (χ3v) is 4.19. The molecule has 8 heteroatoms. The lowest BCUT2D eigenvalue weighted by molar-refractivity contribution is 0.363. The molecule has 1 atom stereocenters. The molecular weight excluding hydrogens is 371 g/mol. The zero-order chi connectivity index (χ0) is 20.6. The fourth-order valence-electron chi connectivity index (χ4n) is 2.90. The van der Waals surface area contributed by atoms with E-state index in [4.69, 9.17) is 16.2 Å². The summed E-state index contributed by atoms with van der Waals surface area (Å²) < 4.78 is 18.9. The molecule has 1 aromatic rings. The minimum atomic E-state index is -0.528. The van der Waals surface area contributed by atoms with Gasteiger partial charge in [0, 0.05) is 29.7 Å². The van der Waals surface area contributed by atoms with Gasteiger partial charge in [-0.1, -0.05) is 6.08 Å². The molecule has 0 radical (unpaired) electrons. The standard InChI is InChI=1S/C21H23FN6O/c1-14(29-18-4-2-3-15-13-25-12-10-17(15)18)5-6-16(9-11-22)26-20-8-7-19(23)27-21(24)28-20/h3,5-13,20,26H,2,4H2,1H3,(H4,23,24,27,28)/b11-9+,14-5+,16-6+. The van der Waals surface area contributed by atoms with E-state index in [9.17, 15) is 4.39 Å². The lowest BCUT2D eigenvalue weighted by Gasteiger charge is -2.14. The molecule has 29 heavy (non-hydrogen) atoms. The van der Waals surface area contributed by atoms with Gasteiger partial charge in [0.15, 0.2) is 0 Å². The van der Waals surface area contributed by atoms with Crippen LogP contribution in [0.2, 0.25) is 0 Å². The van der Waals surface area contributed by atoms with Crippen molar-refractivity contribution in [1.82, 2.24) is 10.3 Å². The van der Waals surface area contributed by atoms with Crippen LogP contribution in [0.4, 0.5) is 4.39 Å². The third-order valence-electron chi connectivity index (χ3n) is 4.19. The van der Waals surface area contributed by atoms with Crippen molar-refractivity contribution < 1.29 is 9.13 Å². The van der Waals surface area contributed by atoms with Gasteiger partial charge in [-0.3, -0.25) is 4.98 Å². The van der Waals surface area contributed by atoms with Gasteiger partial charge in [0.2, 0.25) is 5.96 Å². The van der Waals surface area contributed by atoms with E-state index in [0.29, 0.717) is 17.8 Å². The van der Waals surface area contributed by atoms with Crippen LogP contribution < -0.4 is 27.2 Å². The average Bonchev–Trinajstić information content (AvgIpc) is 2.86. The SMILES string of the molecule is C\C(=C/C=C(\C=C\F)NC1C=CC(N)=NC(N)=N1)OC1=c2ccncc2=CCC1. The summed E-state index contributed by atoms with van der Waals surface area (Å²) in [5.41, 5.74) is 11.8. The van der Waals surface area contributed by atoms with E-state index in [2.05, 4.69) is 26.4 Å². The van der Waals surface area contributed by atoms with Crippen molar-refractivity contribution in [2.24, 2.45) is 21.5 Å². The highest BCUT2D eigenvalue weighted by Gasteiger charge is 2.09. The van der Waals surface area contributed by atoms with Crippen LogP contribution in [0.15, 0.2) is 76.6 Å². The van der Waals surface area contributed by atoms with Crippen molar-refractivity contribution in [3.8, 4) is 0 Å². The number of guanidine groups is 1. The van der Waals surface area contributed by atoms with Crippen molar-refractivity contribution >= 4 is 23.6 Å². The molecule has 0 saturated heterocycles. The predicted molar refractivity (Wildman–Crippen MR) is 113 cm³/mol. The molecule has 0 spiro atoms. The van der Waals surface area contributed by atoms with Gasteiger partial charge in [-0.25, -0.2) is 9.38 Å². The first-order chi connectivity index (χ1) is 14.0. The van der Waals surface area contributed by atoms with Crippen LogP contribution in [0.5, 0.6) is 0 Å². The number of pyridine rings is 1. The minimum Gasteiger partial charge on any atom is -0.466 e. The van der Waals surface area contributed by atoms with Gasteiger partial charge in [0.05, 0.1) is 6.33 Å². The van der Waals surface area contributed by atoms with E-state index in [0.717, 1.165) is 29.0 Å². The highest BCUT2D eigenvalue weighted by molar-refractivity contribution is 6.01. The van der Waals surface area contributed by atoms with Crippen LogP contribution in [0.3, 0.4) is 0 Å². The molecule has 1 aliphatic heterocycles. The summed E-state index contributed by atoms with van der Waals surface area (Å²) in [6.45, 7) is 1.84. The minimum absolute atomic E-state index is 0.0438.